The number of benzene rings is 4. The Kier molecular flexibility index (Phi) is 10.5. The van der Waals surface area contributed by atoms with Crippen molar-refractivity contribution in [2.24, 2.45) is 20.8 Å². The van der Waals surface area contributed by atoms with Crippen molar-refractivity contribution in [3.8, 4) is 0 Å². The molecule has 5 aromatic rings. The standard InChI is InChI=1S/C43H41Br2N3O2.Co/c1-40(2,3)38-42(28-19-11-7-12-20-28,29-21-13-8-14-22-29)49-36(47-38)34-32(44)27-33(45)35(46-34)37-48-39(41(4,5)6)43(50-37,30-23-15-9-16-24-30)31-25-17-10-18-26-31;/h7-27,36-37H,1-6H3;. The van der Waals surface area contributed by atoms with Crippen molar-refractivity contribution in [1.82, 2.24) is 4.98 Å². The van der Waals surface area contributed by atoms with E-state index in [0.717, 1.165) is 42.6 Å². The molecular formula is C43H41Br2CoN3O2. The molecular weight excluding hydrogens is 809 g/mol. The van der Waals surface area contributed by atoms with Gasteiger partial charge in [-0.25, -0.2) is 4.98 Å². The van der Waals surface area contributed by atoms with Gasteiger partial charge >= 0.3 is 0 Å². The van der Waals surface area contributed by atoms with Crippen molar-refractivity contribution < 1.29 is 26.3 Å². The van der Waals surface area contributed by atoms with Gasteiger partial charge < -0.3 is 9.47 Å². The van der Waals surface area contributed by atoms with Crippen LogP contribution in [0.4, 0.5) is 0 Å². The van der Waals surface area contributed by atoms with Crippen LogP contribution in [-0.4, -0.2) is 16.4 Å². The van der Waals surface area contributed by atoms with Crippen molar-refractivity contribution in [3.63, 3.8) is 0 Å². The summed E-state index contributed by atoms with van der Waals surface area (Å²) in [5, 5.41) is 0. The maximum absolute atomic E-state index is 7.25. The quantitative estimate of drug-likeness (QED) is 0.171. The molecule has 2 atom stereocenters. The van der Waals surface area contributed by atoms with Gasteiger partial charge in [0.15, 0.2) is 23.7 Å². The van der Waals surface area contributed by atoms with Crippen molar-refractivity contribution in [2.75, 3.05) is 0 Å². The third-order valence-electron chi connectivity index (χ3n) is 9.33. The van der Waals surface area contributed by atoms with E-state index in [1.54, 1.807) is 0 Å². The van der Waals surface area contributed by atoms with Gasteiger partial charge in [-0.1, -0.05) is 163 Å². The summed E-state index contributed by atoms with van der Waals surface area (Å²) in [6.07, 6.45) is -1.40. The number of aliphatic imine (C=N–C) groups is 2. The fraction of sp³-hybridized carbons (Fsp3) is 0.279. The molecule has 1 aromatic heterocycles. The van der Waals surface area contributed by atoms with E-state index in [4.69, 9.17) is 24.4 Å². The Morgan fingerprint density at radius 1 is 0.490 bits per heavy atom. The fourth-order valence-corrected chi connectivity index (χ4v) is 8.61. The van der Waals surface area contributed by atoms with Crippen LogP contribution < -0.4 is 0 Å². The zero-order valence-electron chi connectivity index (χ0n) is 29.5. The minimum atomic E-state index is -0.920. The third kappa shape index (κ3) is 6.64. The first-order valence-electron chi connectivity index (χ1n) is 17.0. The molecule has 2 unspecified atom stereocenters. The van der Waals surface area contributed by atoms with Crippen molar-refractivity contribution in [3.05, 3.63) is 170 Å². The summed E-state index contributed by atoms with van der Waals surface area (Å²) in [6, 6.07) is 43.5. The van der Waals surface area contributed by atoms with Gasteiger partial charge in [0.1, 0.15) is 11.4 Å². The van der Waals surface area contributed by atoms with E-state index in [1.807, 2.05) is 30.3 Å². The Hall–Kier alpha value is -3.24. The van der Waals surface area contributed by atoms with Crippen LogP contribution in [0.15, 0.2) is 146 Å². The predicted molar refractivity (Wildman–Crippen MR) is 208 cm³/mol. The fourth-order valence-electron chi connectivity index (χ4n) is 7.28. The van der Waals surface area contributed by atoms with Crippen LogP contribution >= 0.6 is 31.9 Å². The largest absolute Gasteiger partial charge is 0.329 e. The van der Waals surface area contributed by atoms with Gasteiger partial charge in [0.2, 0.25) is 0 Å². The molecule has 0 fully saturated rings. The molecule has 2 aliphatic heterocycles. The molecule has 263 valence electrons. The van der Waals surface area contributed by atoms with Crippen molar-refractivity contribution in [1.29, 1.82) is 0 Å². The van der Waals surface area contributed by atoms with Crippen molar-refractivity contribution in [2.45, 2.75) is 65.2 Å². The molecule has 0 spiro atoms. The van der Waals surface area contributed by atoms with Gasteiger partial charge in [-0.2, -0.15) is 0 Å². The molecule has 0 bridgehead atoms. The van der Waals surface area contributed by atoms with Crippen molar-refractivity contribution >= 4 is 43.3 Å². The molecule has 0 saturated carbocycles. The summed E-state index contributed by atoms with van der Waals surface area (Å²) in [5.74, 6) is 0. The van der Waals surface area contributed by atoms with E-state index in [-0.39, 0.29) is 27.6 Å². The molecule has 0 amide bonds. The molecule has 0 N–H and O–H groups in total. The maximum Gasteiger partial charge on any atom is 0.194 e. The second-order valence-electron chi connectivity index (χ2n) is 14.9. The summed E-state index contributed by atoms with van der Waals surface area (Å²) in [6.45, 7) is 13.1. The number of pyridine rings is 1. The SMILES string of the molecule is CC(C)(C)C1=NC(c2nc(C3N=C(C(C)(C)C)C(c4ccccc4)(c4ccccc4)O3)c(Br)cc2Br)OC1(c1ccccc1)c1ccccc1.[Co]. The van der Waals surface area contributed by atoms with Crippen LogP contribution in [0.1, 0.15) is 87.6 Å². The second kappa shape index (κ2) is 14.3. The number of nitrogens with zero attached hydrogens (tertiary/aromatic N) is 3. The number of ether oxygens (including phenoxy) is 2. The third-order valence-corrected chi connectivity index (χ3v) is 10.6. The van der Waals surface area contributed by atoms with Gasteiger partial charge in [0.05, 0.1) is 11.4 Å². The van der Waals surface area contributed by atoms with Gasteiger partial charge in [0, 0.05) is 36.6 Å². The molecule has 51 heavy (non-hydrogen) atoms. The molecule has 1 radical (unpaired) electrons. The number of aromatic nitrogens is 1. The summed E-state index contributed by atoms with van der Waals surface area (Å²) >= 11 is 7.68. The topological polar surface area (TPSA) is 56.1 Å². The van der Waals surface area contributed by atoms with E-state index in [2.05, 4.69) is 170 Å². The zero-order chi connectivity index (χ0) is 35.3. The minimum absolute atomic E-state index is 0. The second-order valence-corrected chi connectivity index (χ2v) is 16.7. The number of halogens is 2. The minimum Gasteiger partial charge on any atom is -0.329 e. The molecule has 0 aliphatic carbocycles. The molecule has 4 aromatic carbocycles. The normalized spacial score (nSPS) is 19.6. The van der Waals surface area contributed by atoms with Gasteiger partial charge in [-0.05, 0) is 60.2 Å². The average molecular weight is 851 g/mol. The Labute approximate surface area is 328 Å². The van der Waals surface area contributed by atoms with Crippen LogP contribution in [0.3, 0.4) is 0 Å². The number of rotatable bonds is 6. The van der Waals surface area contributed by atoms with E-state index < -0.39 is 23.7 Å². The van der Waals surface area contributed by atoms with Gasteiger partial charge in [-0.15, -0.1) is 0 Å². The molecule has 2 aliphatic rings. The predicted octanol–water partition coefficient (Wildman–Crippen LogP) is 11.5. The Morgan fingerprint density at radius 3 is 1.02 bits per heavy atom. The summed E-state index contributed by atoms with van der Waals surface area (Å²) in [7, 11) is 0. The first-order chi connectivity index (χ1) is 23.9. The molecule has 0 saturated heterocycles. The Balaban J connectivity index is 0.00000448. The molecule has 7 rings (SSSR count). The van der Waals surface area contributed by atoms with E-state index >= 15 is 0 Å². The van der Waals surface area contributed by atoms with E-state index in [1.165, 1.54) is 0 Å². The first kappa shape index (κ1) is 37.5. The monoisotopic (exact) mass is 848 g/mol. The van der Waals surface area contributed by atoms with Crippen LogP contribution in [0.25, 0.3) is 0 Å². The molecule has 8 heteroatoms. The van der Waals surface area contributed by atoms with E-state index in [9.17, 15) is 0 Å². The summed E-state index contributed by atoms with van der Waals surface area (Å²) in [5.41, 5.74) is 4.77. The van der Waals surface area contributed by atoms with Gasteiger partial charge in [-0.3, -0.25) is 9.98 Å². The summed E-state index contributed by atoms with van der Waals surface area (Å²) in [4.78, 5) is 16.1. The Bertz CT molecular complexity index is 1830. The smallest absolute Gasteiger partial charge is 0.194 e. The molecule has 3 heterocycles. The van der Waals surface area contributed by atoms with Crippen LogP contribution in [0.5, 0.6) is 0 Å². The average Bonchev–Trinajstić information content (AvgIpc) is 3.73. The van der Waals surface area contributed by atoms with Crippen LogP contribution in [-0.2, 0) is 37.5 Å². The van der Waals surface area contributed by atoms with Gasteiger partial charge in [0.25, 0.3) is 0 Å². The summed E-state index contributed by atoms with van der Waals surface area (Å²) < 4.78 is 16.1. The number of hydrogen-bond donors (Lipinski definition) is 0. The Morgan fingerprint density at radius 2 is 0.765 bits per heavy atom. The van der Waals surface area contributed by atoms with Crippen LogP contribution in [0.2, 0.25) is 0 Å². The van der Waals surface area contributed by atoms with Crippen LogP contribution in [0, 0.1) is 10.8 Å². The first-order valence-corrected chi connectivity index (χ1v) is 18.6. The van der Waals surface area contributed by atoms with E-state index in [0.29, 0.717) is 11.4 Å². The zero-order valence-corrected chi connectivity index (χ0v) is 33.7. The maximum atomic E-state index is 7.25. The number of hydrogen-bond acceptors (Lipinski definition) is 5. The molecule has 5 nitrogen and oxygen atoms in total.